The van der Waals surface area contributed by atoms with E-state index < -0.39 is 0 Å². The Bertz CT molecular complexity index is 952. The van der Waals surface area contributed by atoms with Crippen molar-refractivity contribution in [2.45, 2.75) is 32.7 Å². The molecule has 0 radical (unpaired) electrons. The molecular formula is C22H25N5O. The molecule has 3 heterocycles. The maximum atomic E-state index is 13.0. The van der Waals surface area contributed by atoms with Crippen LogP contribution in [0, 0.1) is 13.8 Å². The van der Waals surface area contributed by atoms with Crippen molar-refractivity contribution in [3.8, 4) is 5.69 Å². The lowest BCUT2D eigenvalue weighted by atomic mass is 10.1. The molecule has 3 aromatic rings. The first-order valence-corrected chi connectivity index (χ1v) is 9.70. The molecule has 1 atom stereocenters. The highest BCUT2D eigenvalue weighted by molar-refractivity contribution is 5.96. The Balaban J connectivity index is 1.50. The van der Waals surface area contributed by atoms with E-state index >= 15 is 0 Å². The molecule has 0 bridgehead atoms. The number of nitrogens with one attached hydrogen (secondary N) is 1. The minimum absolute atomic E-state index is 0.0175. The minimum Gasteiger partial charge on any atom is -0.347 e. The molecule has 6 nitrogen and oxygen atoms in total. The number of carbonyl (C=O) groups is 1. The molecule has 1 amide bonds. The average molecular weight is 375 g/mol. The van der Waals surface area contributed by atoms with E-state index in [2.05, 4.69) is 36.9 Å². The Kier molecular flexibility index (Phi) is 5.10. The molecule has 1 saturated heterocycles. The third kappa shape index (κ3) is 3.63. The molecule has 1 fully saturated rings. The van der Waals surface area contributed by atoms with Crippen LogP contribution in [0.15, 0.2) is 54.9 Å². The van der Waals surface area contributed by atoms with Gasteiger partial charge in [0.05, 0.1) is 5.56 Å². The molecule has 1 N–H and O–H groups in total. The van der Waals surface area contributed by atoms with Crippen LogP contribution >= 0.6 is 0 Å². The number of hydrogen-bond acceptors (Lipinski definition) is 4. The number of amides is 1. The van der Waals surface area contributed by atoms with Crippen molar-refractivity contribution in [3.05, 3.63) is 71.8 Å². The monoisotopic (exact) mass is 375 g/mol. The number of anilines is 1. The summed E-state index contributed by atoms with van der Waals surface area (Å²) in [5, 5.41) is 3.22. The highest BCUT2D eigenvalue weighted by Gasteiger charge is 2.25. The molecule has 0 spiro atoms. The quantitative estimate of drug-likeness (QED) is 0.760. The van der Waals surface area contributed by atoms with Crippen LogP contribution < -0.4 is 10.2 Å². The van der Waals surface area contributed by atoms with Gasteiger partial charge in [-0.2, -0.15) is 0 Å². The highest BCUT2D eigenvalue weighted by atomic mass is 16.1. The first-order valence-electron chi connectivity index (χ1n) is 9.70. The summed E-state index contributed by atoms with van der Waals surface area (Å²) < 4.78 is 2.12. The van der Waals surface area contributed by atoms with Crippen molar-refractivity contribution in [2.24, 2.45) is 0 Å². The van der Waals surface area contributed by atoms with E-state index in [4.69, 9.17) is 0 Å². The van der Waals surface area contributed by atoms with E-state index in [0.29, 0.717) is 0 Å². The number of hydrogen-bond donors (Lipinski definition) is 1. The lowest BCUT2D eigenvalue weighted by Crippen LogP contribution is -2.48. The molecule has 144 valence electrons. The Morgan fingerprint density at radius 2 is 1.86 bits per heavy atom. The van der Waals surface area contributed by atoms with Crippen molar-refractivity contribution in [1.82, 2.24) is 19.9 Å². The van der Waals surface area contributed by atoms with Crippen LogP contribution in [0.2, 0.25) is 0 Å². The molecule has 6 heteroatoms. The summed E-state index contributed by atoms with van der Waals surface area (Å²) >= 11 is 0. The van der Waals surface area contributed by atoms with E-state index in [-0.39, 0.29) is 11.9 Å². The maximum absolute atomic E-state index is 13.0. The Labute approximate surface area is 165 Å². The van der Waals surface area contributed by atoms with Gasteiger partial charge in [0.1, 0.15) is 0 Å². The van der Waals surface area contributed by atoms with Gasteiger partial charge in [-0.3, -0.25) is 4.79 Å². The number of nitrogens with zero attached hydrogens (tertiary/aromatic N) is 4. The fraction of sp³-hybridized carbons (Fsp3) is 0.318. The normalized spacial score (nSPS) is 16.8. The van der Waals surface area contributed by atoms with Gasteiger partial charge in [0.15, 0.2) is 0 Å². The fourth-order valence-electron chi connectivity index (χ4n) is 3.96. The molecule has 4 rings (SSSR count). The molecule has 0 saturated carbocycles. The fourth-order valence-corrected chi connectivity index (χ4v) is 3.96. The standard InChI is InChI=1S/C22H25N5O/c1-16-14-20(17(2)27(16)19-9-4-3-5-10-19)21(28)25-18-8-6-13-26(15-18)22-23-11-7-12-24-22/h3-5,7,9-12,14,18H,6,8,13,15H2,1-2H3,(H,25,28). The topological polar surface area (TPSA) is 63.1 Å². The second kappa shape index (κ2) is 7.84. The Morgan fingerprint density at radius 3 is 2.61 bits per heavy atom. The summed E-state index contributed by atoms with van der Waals surface area (Å²) in [6, 6.07) is 14.0. The van der Waals surface area contributed by atoms with Crippen LogP contribution in [-0.4, -0.2) is 39.6 Å². The number of benzene rings is 1. The van der Waals surface area contributed by atoms with Gasteiger partial charge in [0.2, 0.25) is 5.95 Å². The van der Waals surface area contributed by atoms with Crippen LogP contribution in [0.5, 0.6) is 0 Å². The molecule has 28 heavy (non-hydrogen) atoms. The summed E-state index contributed by atoms with van der Waals surface area (Å²) in [6.07, 6.45) is 5.48. The third-order valence-corrected chi connectivity index (χ3v) is 5.28. The SMILES string of the molecule is Cc1cc(C(=O)NC2CCCN(c3ncccn3)C2)c(C)n1-c1ccccc1. The van der Waals surface area contributed by atoms with Crippen molar-refractivity contribution < 1.29 is 4.79 Å². The van der Waals surface area contributed by atoms with Crippen LogP contribution in [0.1, 0.15) is 34.6 Å². The summed E-state index contributed by atoms with van der Waals surface area (Å²) in [5.74, 6) is 0.708. The van der Waals surface area contributed by atoms with E-state index in [1.807, 2.05) is 44.2 Å². The summed E-state index contributed by atoms with van der Waals surface area (Å²) in [5.41, 5.74) is 3.81. The smallest absolute Gasteiger partial charge is 0.253 e. The number of piperidine rings is 1. The van der Waals surface area contributed by atoms with Crippen molar-refractivity contribution >= 4 is 11.9 Å². The third-order valence-electron chi connectivity index (χ3n) is 5.28. The van der Waals surface area contributed by atoms with Crippen LogP contribution in [0.3, 0.4) is 0 Å². The van der Waals surface area contributed by atoms with E-state index in [9.17, 15) is 4.79 Å². The zero-order chi connectivity index (χ0) is 19.5. The summed E-state index contributed by atoms with van der Waals surface area (Å²) in [6.45, 7) is 5.68. The van der Waals surface area contributed by atoms with E-state index in [0.717, 1.165) is 54.5 Å². The molecule has 1 unspecified atom stereocenters. The van der Waals surface area contributed by atoms with Gasteiger partial charge in [-0.25, -0.2) is 9.97 Å². The maximum Gasteiger partial charge on any atom is 0.253 e. The van der Waals surface area contributed by atoms with Crippen molar-refractivity contribution in [1.29, 1.82) is 0 Å². The van der Waals surface area contributed by atoms with Crippen molar-refractivity contribution in [2.75, 3.05) is 18.0 Å². The predicted molar refractivity (Wildman–Crippen MR) is 110 cm³/mol. The number of para-hydroxylation sites is 1. The largest absolute Gasteiger partial charge is 0.347 e. The van der Waals surface area contributed by atoms with E-state index in [1.54, 1.807) is 12.4 Å². The Morgan fingerprint density at radius 1 is 1.11 bits per heavy atom. The number of carbonyl (C=O) groups excluding carboxylic acids is 1. The van der Waals surface area contributed by atoms with Crippen LogP contribution in [0.25, 0.3) is 5.69 Å². The molecule has 2 aromatic heterocycles. The molecule has 1 aromatic carbocycles. The lowest BCUT2D eigenvalue weighted by Gasteiger charge is -2.33. The highest BCUT2D eigenvalue weighted by Crippen LogP contribution is 2.21. The molecule has 0 aliphatic carbocycles. The zero-order valence-electron chi connectivity index (χ0n) is 16.3. The second-order valence-electron chi connectivity index (χ2n) is 7.26. The predicted octanol–water partition coefficient (Wildman–Crippen LogP) is 3.28. The molecule has 1 aliphatic heterocycles. The van der Waals surface area contributed by atoms with E-state index in [1.165, 1.54) is 0 Å². The molecular weight excluding hydrogens is 350 g/mol. The lowest BCUT2D eigenvalue weighted by molar-refractivity contribution is 0.0932. The number of aryl methyl sites for hydroxylation is 1. The van der Waals surface area contributed by atoms with Gasteiger partial charge < -0.3 is 14.8 Å². The summed E-state index contributed by atoms with van der Waals surface area (Å²) in [4.78, 5) is 23.8. The number of rotatable bonds is 4. The van der Waals surface area contributed by atoms with Crippen molar-refractivity contribution in [3.63, 3.8) is 0 Å². The first kappa shape index (κ1) is 18.2. The van der Waals surface area contributed by atoms with Gasteiger partial charge in [-0.15, -0.1) is 0 Å². The zero-order valence-corrected chi connectivity index (χ0v) is 16.3. The van der Waals surface area contributed by atoms with Gasteiger partial charge in [0, 0.05) is 48.6 Å². The summed E-state index contributed by atoms with van der Waals surface area (Å²) in [7, 11) is 0. The van der Waals surface area contributed by atoms with Gasteiger partial charge in [-0.1, -0.05) is 18.2 Å². The van der Waals surface area contributed by atoms with Gasteiger partial charge in [-0.05, 0) is 51.0 Å². The number of aromatic nitrogens is 3. The van der Waals surface area contributed by atoms with Gasteiger partial charge in [0.25, 0.3) is 5.91 Å². The average Bonchev–Trinajstić information content (AvgIpc) is 3.03. The second-order valence-corrected chi connectivity index (χ2v) is 7.26. The van der Waals surface area contributed by atoms with Gasteiger partial charge >= 0.3 is 0 Å². The van der Waals surface area contributed by atoms with Crippen LogP contribution in [-0.2, 0) is 0 Å². The first-order chi connectivity index (χ1) is 13.6. The molecule has 1 aliphatic rings. The Hall–Kier alpha value is -3.15. The minimum atomic E-state index is -0.0175. The van der Waals surface area contributed by atoms with Crippen LogP contribution in [0.4, 0.5) is 5.95 Å².